The lowest BCUT2D eigenvalue weighted by molar-refractivity contribution is -0.120. The second-order valence-corrected chi connectivity index (χ2v) is 6.80. The first-order chi connectivity index (χ1) is 13.6. The van der Waals surface area contributed by atoms with Crippen LogP contribution in [0.1, 0.15) is 12.8 Å². The molecule has 1 saturated heterocycles. The maximum atomic E-state index is 13.2. The van der Waals surface area contributed by atoms with Crippen molar-refractivity contribution in [2.24, 2.45) is 0 Å². The van der Waals surface area contributed by atoms with Gasteiger partial charge >= 0.3 is 0 Å². The standard InChI is InChI=1S/C19H20F2N6O/c20-12-6-13(21)8-15(7-12)23-9-17(28)26-14-2-1-5-27(10-14)19-16-3-4-22-18(16)24-11-25-19/h3-4,6-8,11,14,23H,1-2,5,9-10H2,(H,26,28)(H,22,24,25)/t14-/m1/s1. The van der Waals surface area contributed by atoms with Crippen molar-refractivity contribution in [3.63, 3.8) is 0 Å². The predicted molar refractivity (Wildman–Crippen MR) is 102 cm³/mol. The van der Waals surface area contributed by atoms with Crippen LogP contribution in [0.4, 0.5) is 20.3 Å². The maximum absolute atomic E-state index is 13.2. The Morgan fingerprint density at radius 2 is 2.07 bits per heavy atom. The van der Waals surface area contributed by atoms with E-state index in [1.807, 2.05) is 12.3 Å². The second kappa shape index (κ2) is 7.79. The van der Waals surface area contributed by atoms with E-state index in [1.54, 1.807) is 0 Å². The van der Waals surface area contributed by atoms with Crippen LogP contribution in [0.3, 0.4) is 0 Å². The number of halogens is 2. The lowest BCUT2D eigenvalue weighted by Gasteiger charge is -2.34. The Bertz CT molecular complexity index is 971. The molecule has 1 aromatic carbocycles. The van der Waals surface area contributed by atoms with E-state index < -0.39 is 11.6 Å². The molecule has 1 fully saturated rings. The summed E-state index contributed by atoms with van der Waals surface area (Å²) in [7, 11) is 0. The summed E-state index contributed by atoms with van der Waals surface area (Å²) in [6.07, 6.45) is 5.13. The molecule has 1 aliphatic rings. The van der Waals surface area contributed by atoms with Crippen LogP contribution in [0.2, 0.25) is 0 Å². The van der Waals surface area contributed by atoms with E-state index in [0.29, 0.717) is 6.54 Å². The Balaban J connectivity index is 1.36. The van der Waals surface area contributed by atoms with E-state index in [0.717, 1.165) is 54.4 Å². The smallest absolute Gasteiger partial charge is 0.239 e. The third-order valence-corrected chi connectivity index (χ3v) is 4.73. The number of nitrogens with zero attached hydrogens (tertiary/aromatic N) is 3. The first kappa shape index (κ1) is 18.1. The number of hydrogen-bond acceptors (Lipinski definition) is 5. The highest BCUT2D eigenvalue weighted by Gasteiger charge is 2.23. The number of carbonyl (C=O) groups is 1. The number of aromatic amines is 1. The summed E-state index contributed by atoms with van der Waals surface area (Å²) in [4.78, 5) is 26.1. The molecule has 4 rings (SSSR count). The molecule has 0 bridgehead atoms. The lowest BCUT2D eigenvalue weighted by Crippen LogP contribution is -2.49. The normalized spacial score (nSPS) is 16.9. The molecule has 1 aliphatic heterocycles. The monoisotopic (exact) mass is 386 g/mol. The van der Waals surface area contributed by atoms with Gasteiger partial charge in [-0.05, 0) is 31.0 Å². The van der Waals surface area contributed by atoms with E-state index in [2.05, 4.69) is 30.5 Å². The number of anilines is 2. The van der Waals surface area contributed by atoms with Crippen molar-refractivity contribution in [1.82, 2.24) is 20.3 Å². The van der Waals surface area contributed by atoms with Gasteiger partial charge in [0.2, 0.25) is 5.91 Å². The molecule has 9 heteroatoms. The topological polar surface area (TPSA) is 85.9 Å². The second-order valence-electron chi connectivity index (χ2n) is 6.80. The number of amides is 1. The van der Waals surface area contributed by atoms with Gasteiger partial charge in [0.25, 0.3) is 0 Å². The van der Waals surface area contributed by atoms with Crippen molar-refractivity contribution < 1.29 is 13.6 Å². The minimum atomic E-state index is -0.688. The number of carbonyl (C=O) groups excluding carboxylic acids is 1. The van der Waals surface area contributed by atoms with Gasteiger partial charge in [0.15, 0.2) is 0 Å². The highest BCUT2D eigenvalue weighted by atomic mass is 19.1. The first-order valence-electron chi connectivity index (χ1n) is 9.11. The Labute approximate surface area is 160 Å². The van der Waals surface area contributed by atoms with Crippen LogP contribution in [0.25, 0.3) is 11.0 Å². The molecule has 2 aromatic heterocycles. The van der Waals surface area contributed by atoms with Crippen LogP contribution in [-0.2, 0) is 4.79 Å². The van der Waals surface area contributed by atoms with Crippen molar-refractivity contribution in [1.29, 1.82) is 0 Å². The summed E-state index contributed by atoms with van der Waals surface area (Å²) in [5.41, 5.74) is 1.01. The minimum Gasteiger partial charge on any atom is -0.376 e. The zero-order chi connectivity index (χ0) is 19.5. The number of fused-ring (bicyclic) bond motifs is 1. The molecule has 0 aliphatic carbocycles. The van der Waals surface area contributed by atoms with Crippen LogP contribution < -0.4 is 15.5 Å². The average Bonchev–Trinajstić information content (AvgIpc) is 3.15. The molecule has 0 saturated carbocycles. The summed E-state index contributed by atoms with van der Waals surface area (Å²) in [6.45, 7) is 1.43. The van der Waals surface area contributed by atoms with Crippen molar-refractivity contribution in [2.45, 2.75) is 18.9 Å². The van der Waals surface area contributed by atoms with Crippen molar-refractivity contribution in [2.75, 3.05) is 29.9 Å². The summed E-state index contributed by atoms with van der Waals surface area (Å²) in [5.74, 6) is -0.761. The van der Waals surface area contributed by atoms with E-state index in [4.69, 9.17) is 0 Å². The average molecular weight is 386 g/mol. The number of H-pyrrole nitrogens is 1. The van der Waals surface area contributed by atoms with E-state index in [1.165, 1.54) is 6.33 Å². The van der Waals surface area contributed by atoms with Crippen LogP contribution in [0.15, 0.2) is 36.8 Å². The van der Waals surface area contributed by atoms with Crippen molar-refractivity contribution in [3.8, 4) is 0 Å². The van der Waals surface area contributed by atoms with Crippen LogP contribution >= 0.6 is 0 Å². The quantitative estimate of drug-likeness (QED) is 0.627. The van der Waals surface area contributed by atoms with Crippen LogP contribution in [0.5, 0.6) is 0 Å². The highest BCUT2D eigenvalue weighted by molar-refractivity contribution is 5.87. The molecule has 3 N–H and O–H groups in total. The number of nitrogens with one attached hydrogen (secondary N) is 3. The molecule has 0 unspecified atom stereocenters. The molecule has 1 amide bonds. The summed E-state index contributed by atoms with van der Waals surface area (Å²) < 4.78 is 26.4. The van der Waals surface area contributed by atoms with E-state index in [9.17, 15) is 13.6 Å². The minimum absolute atomic E-state index is 0.0312. The molecular formula is C19H20F2N6O. The number of aromatic nitrogens is 3. The molecular weight excluding hydrogens is 366 g/mol. The zero-order valence-electron chi connectivity index (χ0n) is 15.1. The van der Waals surface area contributed by atoms with Gasteiger partial charge < -0.3 is 20.5 Å². The lowest BCUT2D eigenvalue weighted by atomic mass is 10.1. The Kier molecular flexibility index (Phi) is 5.05. The molecule has 0 radical (unpaired) electrons. The number of piperidine rings is 1. The third kappa shape index (κ3) is 4.03. The fraction of sp³-hybridized carbons (Fsp3) is 0.316. The van der Waals surface area contributed by atoms with E-state index in [-0.39, 0.29) is 24.2 Å². The summed E-state index contributed by atoms with van der Waals surface area (Å²) >= 11 is 0. The molecule has 3 heterocycles. The van der Waals surface area contributed by atoms with Gasteiger partial charge in [0.05, 0.1) is 11.9 Å². The molecule has 28 heavy (non-hydrogen) atoms. The molecule has 0 spiro atoms. The van der Waals surface area contributed by atoms with Gasteiger partial charge in [-0.1, -0.05) is 0 Å². The Morgan fingerprint density at radius 1 is 1.25 bits per heavy atom. The number of benzene rings is 1. The van der Waals surface area contributed by atoms with Crippen LogP contribution in [0, 0.1) is 11.6 Å². The molecule has 7 nitrogen and oxygen atoms in total. The summed E-state index contributed by atoms with van der Waals surface area (Å²) in [5, 5.41) is 6.68. The fourth-order valence-corrected chi connectivity index (χ4v) is 3.51. The molecule has 3 aromatic rings. The Hall–Kier alpha value is -3.23. The maximum Gasteiger partial charge on any atom is 0.239 e. The number of rotatable bonds is 5. The van der Waals surface area contributed by atoms with Gasteiger partial charge in [-0.25, -0.2) is 18.7 Å². The largest absolute Gasteiger partial charge is 0.376 e. The SMILES string of the molecule is O=C(CNc1cc(F)cc(F)c1)N[C@@H]1CCCN(c2ncnc3[nH]ccc23)C1. The van der Waals surface area contributed by atoms with Crippen molar-refractivity contribution >= 4 is 28.4 Å². The van der Waals surface area contributed by atoms with Gasteiger partial charge in [-0.2, -0.15) is 0 Å². The summed E-state index contributed by atoms with van der Waals surface area (Å²) in [6, 6.07) is 4.99. The van der Waals surface area contributed by atoms with Crippen LogP contribution in [-0.4, -0.2) is 46.5 Å². The van der Waals surface area contributed by atoms with Gasteiger partial charge in [-0.3, -0.25) is 4.79 Å². The van der Waals surface area contributed by atoms with Gasteiger partial charge in [-0.15, -0.1) is 0 Å². The Morgan fingerprint density at radius 3 is 2.89 bits per heavy atom. The van der Waals surface area contributed by atoms with Gasteiger partial charge in [0.1, 0.15) is 29.4 Å². The van der Waals surface area contributed by atoms with Crippen molar-refractivity contribution in [3.05, 3.63) is 48.4 Å². The third-order valence-electron chi connectivity index (χ3n) is 4.73. The van der Waals surface area contributed by atoms with Gasteiger partial charge in [0, 0.05) is 37.1 Å². The molecule has 146 valence electrons. The fourth-order valence-electron chi connectivity index (χ4n) is 3.51. The highest BCUT2D eigenvalue weighted by Crippen LogP contribution is 2.25. The molecule has 1 atom stereocenters. The first-order valence-corrected chi connectivity index (χ1v) is 9.11. The zero-order valence-corrected chi connectivity index (χ0v) is 15.1. The number of hydrogen-bond donors (Lipinski definition) is 3. The predicted octanol–water partition coefficient (Wildman–Crippen LogP) is 2.43. The van der Waals surface area contributed by atoms with E-state index >= 15 is 0 Å².